The van der Waals surface area contributed by atoms with Crippen LogP contribution in [-0.4, -0.2) is 59.4 Å². The molecule has 11 heteroatoms. The van der Waals surface area contributed by atoms with E-state index in [1.165, 1.54) is 4.90 Å². The number of rotatable bonds is 6. The molecular formula is C23H24N8O3. The summed E-state index contributed by atoms with van der Waals surface area (Å²) in [7, 11) is 3.51. The number of aliphatic hydroxyl groups is 1. The van der Waals surface area contributed by atoms with Crippen LogP contribution in [0.15, 0.2) is 53.4 Å². The van der Waals surface area contributed by atoms with Crippen LogP contribution in [0.2, 0.25) is 0 Å². The van der Waals surface area contributed by atoms with Gasteiger partial charge in [0.2, 0.25) is 11.5 Å². The van der Waals surface area contributed by atoms with Gasteiger partial charge in [-0.2, -0.15) is 5.10 Å². The second-order valence-corrected chi connectivity index (χ2v) is 8.40. The third kappa shape index (κ3) is 3.90. The first-order chi connectivity index (χ1) is 16.3. The van der Waals surface area contributed by atoms with Gasteiger partial charge >= 0.3 is 0 Å². The van der Waals surface area contributed by atoms with Gasteiger partial charge in [-0.05, 0) is 25.1 Å². The Labute approximate surface area is 195 Å². The van der Waals surface area contributed by atoms with Crippen LogP contribution >= 0.6 is 0 Å². The first-order valence-electron chi connectivity index (χ1n) is 10.8. The predicted molar refractivity (Wildman–Crippen MR) is 122 cm³/mol. The average molecular weight is 460 g/mol. The van der Waals surface area contributed by atoms with Gasteiger partial charge in [0.25, 0.3) is 5.91 Å². The van der Waals surface area contributed by atoms with Crippen LogP contribution in [0.5, 0.6) is 0 Å². The van der Waals surface area contributed by atoms with E-state index in [0.29, 0.717) is 35.3 Å². The van der Waals surface area contributed by atoms with Crippen molar-refractivity contribution in [3.63, 3.8) is 0 Å². The smallest absolute Gasteiger partial charge is 0.262 e. The molecule has 1 unspecified atom stereocenters. The largest absolute Gasteiger partial charge is 0.373 e. The molecule has 1 aliphatic rings. The lowest BCUT2D eigenvalue weighted by Crippen LogP contribution is -2.35. The maximum Gasteiger partial charge on any atom is 0.262 e. The summed E-state index contributed by atoms with van der Waals surface area (Å²) in [6.07, 6.45) is 5.65. The molecule has 4 aromatic heterocycles. The van der Waals surface area contributed by atoms with Gasteiger partial charge in [-0.15, -0.1) is 0 Å². The van der Waals surface area contributed by atoms with Crippen molar-refractivity contribution < 1.29 is 14.4 Å². The number of hydrogen-bond acceptors (Lipinski definition) is 9. The fourth-order valence-electron chi connectivity index (χ4n) is 3.90. The Morgan fingerprint density at radius 1 is 1.15 bits per heavy atom. The highest BCUT2D eigenvalue weighted by molar-refractivity contribution is 5.87. The van der Waals surface area contributed by atoms with Crippen molar-refractivity contribution in [2.24, 2.45) is 7.05 Å². The van der Waals surface area contributed by atoms with E-state index in [1.54, 1.807) is 42.3 Å². The zero-order valence-corrected chi connectivity index (χ0v) is 19.0. The zero-order chi connectivity index (χ0) is 23.9. The molecule has 174 valence electrons. The molecule has 11 nitrogen and oxygen atoms in total. The number of likely N-dealkylation sites (tertiary alicyclic amines) is 1. The topological polar surface area (TPSA) is 135 Å². The van der Waals surface area contributed by atoms with E-state index in [2.05, 4.69) is 30.5 Å². The van der Waals surface area contributed by atoms with Crippen LogP contribution in [0.1, 0.15) is 30.7 Å². The Bertz CT molecular complexity index is 1350. The Balaban J connectivity index is 1.38. The minimum atomic E-state index is -1.70. The highest BCUT2D eigenvalue weighted by atomic mass is 16.5. The highest BCUT2D eigenvalue weighted by Gasteiger charge is 2.48. The standard InChI is InChI=1S/C23H24N8O3/c1-14(15-12-25-31(3)13-15)26-22-24-9-7-18(28-22)16-5-4-6-17(27-16)19-11-20(34-29-19)23(33)8-10-30(2)21(23)32/h4-7,9,11-14,33H,8,10H2,1-3H3,(H,24,26,28)/t14-,23?/m1/s1. The molecule has 1 amide bonds. The number of nitrogens with zero attached hydrogens (tertiary/aromatic N) is 7. The lowest BCUT2D eigenvalue weighted by molar-refractivity contribution is -0.144. The summed E-state index contributed by atoms with van der Waals surface area (Å²) >= 11 is 0. The monoisotopic (exact) mass is 460 g/mol. The van der Waals surface area contributed by atoms with E-state index in [4.69, 9.17) is 4.52 Å². The lowest BCUT2D eigenvalue weighted by Gasteiger charge is -2.16. The number of anilines is 1. The summed E-state index contributed by atoms with van der Waals surface area (Å²) in [4.78, 5) is 27.4. The quantitative estimate of drug-likeness (QED) is 0.444. The van der Waals surface area contributed by atoms with Gasteiger partial charge in [0, 0.05) is 51.1 Å². The Hall–Kier alpha value is -4.12. The summed E-state index contributed by atoms with van der Waals surface area (Å²) in [6.45, 7) is 2.46. The molecular weight excluding hydrogens is 436 g/mol. The molecule has 5 rings (SSSR count). The van der Waals surface area contributed by atoms with Crippen LogP contribution in [0.4, 0.5) is 5.95 Å². The first kappa shape index (κ1) is 21.7. The number of pyridine rings is 1. The van der Waals surface area contributed by atoms with Crippen LogP contribution in [-0.2, 0) is 17.4 Å². The molecule has 0 radical (unpaired) electrons. The molecule has 0 saturated carbocycles. The van der Waals surface area contributed by atoms with E-state index < -0.39 is 11.5 Å². The fraction of sp³-hybridized carbons (Fsp3) is 0.304. The molecule has 2 N–H and O–H groups in total. The van der Waals surface area contributed by atoms with E-state index in [-0.39, 0.29) is 18.2 Å². The second-order valence-electron chi connectivity index (χ2n) is 8.40. The van der Waals surface area contributed by atoms with Gasteiger partial charge in [0.1, 0.15) is 5.69 Å². The molecule has 1 saturated heterocycles. The number of likely N-dealkylation sites (N-methyl/N-ethyl adjacent to an activating group) is 1. The molecule has 0 aromatic carbocycles. The highest BCUT2D eigenvalue weighted by Crippen LogP contribution is 2.34. The molecule has 2 atom stereocenters. The molecule has 5 heterocycles. The van der Waals surface area contributed by atoms with Crippen molar-refractivity contribution in [1.82, 2.24) is 34.8 Å². The summed E-state index contributed by atoms with van der Waals surface area (Å²) in [5.74, 6) is 0.177. The Morgan fingerprint density at radius 3 is 2.62 bits per heavy atom. The van der Waals surface area contributed by atoms with Gasteiger partial charge in [-0.25, -0.2) is 15.0 Å². The lowest BCUT2D eigenvalue weighted by atomic mass is 9.98. The van der Waals surface area contributed by atoms with Crippen molar-refractivity contribution in [3.8, 4) is 22.8 Å². The Kier molecular flexibility index (Phi) is 5.33. The van der Waals surface area contributed by atoms with Crippen molar-refractivity contribution >= 4 is 11.9 Å². The van der Waals surface area contributed by atoms with Gasteiger partial charge in [0.05, 0.1) is 29.3 Å². The molecule has 0 aliphatic carbocycles. The molecule has 1 fully saturated rings. The fourth-order valence-corrected chi connectivity index (χ4v) is 3.90. The number of amides is 1. The molecule has 1 aliphatic heterocycles. The van der Waals surface area contributed by atoms with Gasteiger partial charge < -0.3 is 19.8 Å². The maximum absolute atomic E-state index is 12.4. The molecule has 0 spiro atoms. The van der Waals surface area contributed by atoms with E-state index in [9.17, 15) is 9.90 Å². The summed E-state index contributed by atoms with van der Waals surface area (Å²) < 4.78 is 7.09. The van der Waals surface area contributed by atoms with Crippen LogP contribution in [0.25, 0.3) is 22.8 Å². The molecule has 4 aromatic rings. The van der Waals surface area contributed by atoms with Crippen molar-refractivity contribution in [1.29, 1.82) is 0 Å². The van der Waals surface area contributed by atoms with Gasteiger partial charge in [0.15, 0.2) is 5.76 Å². The van der Waals surface area contributed by atoms with E-state index in [1.807, 2.05) is 32.3 Å². The number of aromatic nitrogens is 6. The maximum atomic E-state index is 12.4. The number of carbonyl (C=O) groups excluding carboxylic acids is 1. The number of aryl methyl sites for hydroxylation is 1. The SMILES string of the molecule is C[C@@H](Nc1nccc(-c2cccc(-c3cc(C4(O)CCN(C)C4=O)on3)n2)n1)c1cnn(C)c1. The van der Waals surface area contributed by atoms with Crippen molar-refractivity contribution in [3.05, 3.63) is 60.2 Å². The predicted octanol–water partition coefficient (Wildman–Crippen LogP) is 2.15. The molecule has 34 heavy (non-hydrogen) atoms. The third-order valence-electron chi connectivity index (χ3n) is 5.93. The van der Waals surface area contributed by atoms with Crippen LogP contribution in [0.3, 0.4) is 0 Å². The van der Waals surface area contributed by atoms with E-state index in [0.717, 1.165) is 5.56 Å². The van der Waals surface area contributed by atoms with Crippen molar-refractivity contribution in [2.45, 2.75) is 25.0 Å². The Morgan fingerprint density at radius 2 is 1.91 bits per heavy atom. The second kappa shape index (κ2) is 8.34. The minimum Gasteiger partial charge on any atom is -0.373 e. The van der Waals surface area contributed by atoms with Crippen LogP contribution < -0.4 is 5.32 Å². The number of nitrogens with one attached hydrogen (secondary N) is 1. The van der Waals surface area contributed by atoms with Crippen molar-refractivity contribution in [2.75, 3.05) is 18.9 Å². The summed E-state index contributed by atoms with van der Waals surface area (Å²) in [6, 6.07) is 8.76. The summed E-state index contributed by atoms with van der Waals surface area (Å²) in [5, 5.41) is 22.3. The van der Waals surface area contributed by atoms with Gasteiger partial charge in [-0.3, -0.25) is 9.48 Å². The normalized spacial score (nSPS) is 18.9. The zero-order valence-electron chi connectivity index (χ0n) is 19.0. The summed E-state index contributed by atoms with van der Waals surface area (Å²) in [5.41, 5.74) is 1.53. The first-order valence-corrected chi connectivity index (χ1v) is 10.8. The minimum absolute atomic E-state index is 0.0278. The molecule has 0 bridgehead atoms. The number of hydrogen-bond donors (Lipinski definition) is 2. The van der Waals surface area contributed by atoms with E-state index >= 15 is 0 Å². The van der Waals surface area contributed by atoms with Gasteiger partial charge in [-0.1, -0.05) is 11.2 Å². The average Bonchev–Trinajstić information content (AvgIpc) is 3.57. The van der Waals surface area contributed by atoms with Crippen LogP contribution in [0, 0.1) is 0 Å². The third-order valence-corrected chi connectivity index (χ3v) is 5.93. The number of carbonyl (C=O) groups is 1.